The molecule has 3 N–H and O–H groups in total. The molecule has 28 heavy (non-hydrogen) atoms. The number of carbonyl (C=O) groups excluding carboxylic acids is 2. The largest absolute Gasteiger partial charge is 0.467 e. The van der Waals surface area contributed by atoms with E-state index in [1.807, 2.05) is 16.7 Å². The first-order chi connectivity index (χ1) is 13.6. The Morgan fingerprint density at radius 1 is 1.36 bits per heavy atom. The molecule has 3 aromatic rings. The number of fused-ring (bicyclic) bond motifs is 1. The number of amides is 2. The fourth-order valence-electron chi connectivity index (χ4n) is 3.24. The van der Waals surface area contributed by atoms with E-state index in [1.165, 1.54) is 23.1 Å². The van der Waals surface area contributed by atoms with Crippen molar-refractivity contribution in [1.29, 1.82) is 0 Å². The molecule has 0 saturated carbocycles. The molecule has 2 amide bonds. The SMILES string of the molecule is NC(=O)c1c(NC(=O)CSc2nncn2Cc2ccco2)sc2c1CCCC2. The van der Waals surface area contributed by atoms with E-state index in [4.69, 9.17) is 10.2 Å². The van der Waals surface area contributed by atoms with E-state index in [0.29, 0.717) is 22.3 Å². The van der Waals surface area contributed by atoms with Crippen LogP contribution in [0.1, 0.15) is 39.4 Å². The van der Waals surface area contributed by atoms with Crippen molar-refractivity contribution in [3.8, 4) is 0 Å². The minimum absolute atomic E-state index is 0.150. The van der Waals surface area contributed by atoms with Gasteiger partial charge in [-0.2, -0.15) is 0 Å². The highest BCUT2D eigenvalue weighted by atomic mass is 32.2. The number of carbonyl (C=O) groups is 2. The van der Waals surface area contributed by atoms with E-state index in [9.17, 15) is 9.59 Å². The number of nitrogens with one attached hydrogen (secondary N) is 1. The normalized spacial score (nSPS) is 13.3. The van der Waals surface area contributed by atoms with Gasteiger partial charge in [0.15, 0.2) is 5.16 Å². The van der Waals surface area contributed by atoms with Crippen LogP contribution in [-0.2, 0) is 24.2 Å². The van der Waals surface area contributed by atoms with Crippen LogP contribution in [0.2, 0.25) is 0 Å². The number of hydrogen-bond donors (Lipinski definition) is 2. The highest BCUT2D eigenvalue weighted by molar-refractivity contribution is 7.99. The first-order valence-electron chi connectivity index (χ1n) is 8.89. The minimum Gasteiger partial charge on any atom is -0.467 e. The molecule has 8 nitrogen and oxygen atoms in total. The lowest BCUT2D eigenvalue weighted by molar-refractivity contribution is -0.113. The molecule has 0 spiro atoms. The molecular formula is C18H19N5O3S2. The van der Waals surface area contributed by atoms with Crippen LogP contribution in [0.5, 0.6) is 0 Å². The van der Waals surface area contributed by atoms with Gasteiger partial charge >= 0.3 is 0 Å². The van der Waals surface area contributed by atoms with Gasteiger partial charge in [0, 0.05) is 4.88 Å². The number of nitrogens with zero attached hydrogens (tertiary/aromatic N) is 3. The number of primary amides is 1. The summed E-state index contributed by atoms with van der Waals surface area (Å²) in [5.41, 5.74) is 7.05. The number of anilines is 1. The molecule has 3 heterocycles. The van der Waals surface area contributed by atoms with Gasteiger partial charge in [-0.05, 0) is 43.4 Å². The topological polar surface area (TPSA) is 116 Å². The predicted octanol–water partition coefficient (Wildman–Crippen LogP) is 2.69. The zero-order valence-corrected chi connectivity index (χ0v) is 16.6. The van der Waals surface area contributed by atoms with E-state index in [1.54, 1.807) is 12.6 Å². The third-order valence-electron chi connectivity index (χ3n) is 4.49. The molecule has 146 valence electrons. The molecule has 0 aromatic carbocycles. The van der Waals surface area contributed by atoms with Crippen molar-refractivity contribution < 1.29 is 14.0 Å². The van der Waals surface area contributed by atoms with Gasteiger partial charge in [-0.25, -0.2) is 0 Å². The van der Waals surface area contributed by atoms with Gasteiger partial charge in [0.05, 0.1) is 24.1 Å². The maximum Gasteiger partial charge on any atom is 0.251 e. The van der Waals surface area contributed by atoms with E-state index in [2.05, 4.69) is 15.5 Å². The Balaban J connectivity index is 1.41. The lowest BCUT2D eigenvalue weighted by atomic mass is 9.95. The van der Waals surface area contributed by atoms with Crippen LogP contribution in [0.15, 0.2) is 34.3 Å². The number of rotatable bonds is 7. The van der Waals surface area contributed by atoms with Gasteiger partial charge < -0.3 is 20.0 Å². The van der Waals surface area contributed by atoms with E-state index in [-0.39, 0.29) is 11.7 Å². The third kappa shape index (κ3) is 3.97. The Kier molecular flexibility index (Phi) is 5.49. The Hall–Kier alpha value is -2.59. The van der Waals surface area contributed by atoms with Crippen LogP contribution in [0, 0.1) is 0 Å². The summed E-state index contributed by atoms with van der Waals surface area (Å²) in [6.45, 7) is 0.493. The van der Waals surface area contributed by atoms with Crippen molar-refractivity contribution in [3.05, 3.63) is 46.5 Å². The second kappa shape index (κ2) is 8.19. The van der Waals surface area contributed by atoms with Gasteiger partial charge in [-0.3, -0.25) is 9.59 Å². The number of aromatic nitrogens is 3. The van der Waals surface area contributed by atoms with Crippen molar-refractivity contribution in [2.45, 2.75) is 37.4 Å². The van der Waals surface area contributed by atoms with Crippen LogP contribution < -0.4 is 11.1 Å². The monoisotopic (exact) mass is 417 g/mol. The van der Waals surface area contributed by atoms with Crippen LogP contribution >= 0.6 is 23.1 Å². The fraction of sp³-hybridized carbons (Fsp3) is 0.333. The molecule has 0 aliphatic heterocycles. The highest BCUT2D eigenvalue weighted by Gasteiger charge is 2.25. The molecule has 1 aliphatic rings. The molecule has 4 rings (SSSR count). The standard InChI is InChI=1S/C18H19N5O3S2/c19-16(25)15-12-5-1-2-6-13(12)28-17(15)21-14(24)9-27-18-22-20-10-23(18)8-11-4-3-7-26-11/h3-4,7,10H,1-2,5-6,8-9H2,(H2,19,25)(H,21,24). The molecule has 0 saturated heterocycles. The zero-order valence-electron chi connectivity index (χ0n) is 15.0. The molecule has 1 aliphatic carbocycles. The van der Waals surface area contributed by atoms with Crippen LogP contribution in [0.4, 0.5) is 5.00 Å². The average Bonchev–Trinajstić information content (AvgIpc) is 3.39. The molecule has 0 radical (unpaired) electrons. The van der Waals surface area contributed by atoms with E-state index in [0.717, 1.165) is 41.9 Å². The molecule has 0 unspecified atom stereocenters. The maximum absolute atomic E-state index is 12.5. The van der Waals surface area contributed by atoms with Gasteiger partial charge in [0.1, 0.15) is 17.1 Å². The lowest BCUT2D eigenvalue weighted by Crippen LogP contribution is -2.19. The van der Waals surface area contributed by atoms with Crippen LogP contribution in [-0.4, -0.2) is 32.3 Å². The number of thioether (sulfide) groups is 1. The van der Waals surface area contributed by atoms with Crippen molar-refractivity contribution in [2.24, 2.45) is 5.73 Å². The van der Waals surface area contributed by atoms with Crippen LogP contribution in [0.25, 0.3) is 0 Å². The number of hydrogen-bond acceptors (Lipinski definition) is 7. The van der Waals surface area contributed by atoms with Gasteiger partial charge in [-0.1, -0.05) is 11.8 Å². The van der Waals surface area contributed by atoms with E-state index >= 15 is 0 Å². The number of aryl methyl sites for hydroxylation is 1. The van der Waals surface area contributed by atoms with Crippen LogP contribution in [0.3, 0.4) is 0 Å². The van der Waals surface area contributed by atoms with Crippen molar-refractivity contribution in [2.75, 3.05) is 11.1 Å². The molecule has 0 atom stereocenters. The predicted molar refractivity (Wildman–Crippen MR) is 107 cm³/mol. The molecular weight excluding hydrogens is 398 g/mol. The summed E-state index contributed by atoms with van der Waals surface area (Å²) in [7, 11) is 0. The van der Waals surface area contributed by atoms with Gasteiger partial charge in [0.25, 0.3) is 5.91 Å². The quantitative estimate of drug-likeness (QED) is 0.571. The minimum atomic E-state index is -0.486. The summed E-state index contributed by atoms with van der Waals surface area (Å²) in [4.78, 5) is 25.5. The zero-order chi connectivity index (χ0) is 19.5. The lowest BCUT2D eigenvalue weighted by Gasteiger charge is -2.11. The summed E-state index contributed by atoms with van der Waals surface area (Å²) < 4.78 is 7.15. The maximum atomic E-state index is 12.5. The number of furan rings is 1. The first-order valence-corrected chi connectivity index (χ1v) is 10.7. The van der Waals surface area contributed by atoms with Crippen molar-refractivity contribution in [3.63, 3.8) is 0 Å². The second-order valence-electron chi connectivity index (χ2n) is 6.44. The van der Waals surface area contributed by atoms with Gasteiger partial charge in [-0.15, -0.1) is 21.5 Å². The Morgan fingerprint density at radius 3 is 3.00 bits per heavy atom. The van der Waals surface area contributed by atoms with Gasteiger partial charge in [0.2, 0.25) is 5.91 Å². The summed E-state index contributed by atoms with van der Waals surface area (Å²) in [5.74, 6) is 0.234. The van der Waals surface area contributed by atoms with Crippen molar-refractivity contribution in [1.82, 2.24) is 14.8 Å². The summed E-state index contributed by atoms with van der Waals surface area (Å²) in [5, 5.41) is 12.0. The Morgan fingerprint density at radius 2 is 2.21 bits per heavy atom. The summed E-state index contributed by atoms with van der Waals surface area (Å²) >= 11 is 2.74. The molecule has 0 bridgehead atoms. The fourth-order valence-corrected chi connectivity index (χ4v) is 5.27. The Bertz CT molecular complexity index is 993. The van der Waals surface area contributed by atoms with Crippen molar-refractivity contribution >= 4 is 39.9 Å². The highest BCUT2D eigenvalue weighted by Crippen LogP contribution is 2.38. The third-order valence-corrected chi connectivity index (χ3v) is 6.68. The number of nitrogens with two attached hydrogens (primary N) is 1. The summed E-state index contributed by atoms with van der Waals surface area (Å²) in [6.07, 6.45) is 7.11. The average molecular weight is 418 g/mol. The second-order valence-corrected chi connectivity index (χ2v) is 8.48. The smallest absolute Gasteiger partial charge is 0.251 e. The Labute approximate surface area is 169 Å². The molecule has 3 aromatic heterocycles. The summed E-state index contributed by atoms with van der Waals surface area (Å²) in [6, 6.07) is 3.68. The molecule has 0 fully saturated rings. The first kappa shape index (κ1) is 18.8. The van der Waals surface area contributed by atoms with E-state index < -0.39 is 5.91 Å². The molecule has 10 heteroatoms. The number of thiophene rings is 1.